The fourth-order valence-corrected chi connectivity index (χ4v) is 3.19. The molecule has 0 atom stereocenters. The van der Waals surface area contributed by atoms with E-state index >= 15 is 0 Å². The molecular formula is C16H26N4O2S. The summed E-state index contributed by atoms with van der Waals surface area (Å²) in [4.78, 5) is 32.2. The van der Waals surface area contributed by atoms with Crippen LogP contribution in [-0.4, -0.2) is 59.4 Å². The van der Waals surface area contributed by atoms with Crippen LogP contribution in [0.1, 0.15) is 49.5 Å². The lowest BCUT2D eigenvalue weighted by atomic mass is 10.2. The summed E-state index contributed by atoms with van der Waals surface area (Å²) in [6.07, 6.45) is 5.41. The topological polar surface area (TPSA) is 65.5 Å². The molecule has 0 spiro atoms. The Morgan fingerprint density at radius 3 is 2.70 bits per heavy atom. The summed E-state index contributed by atoms with van der Waals surface area (Å²) in [5.41, 5.74) is 2.17. The van der Waals surface area contributed by atoms with Gasteiger partial charge >= 0.3 is 6.03 Å². The summed E-state index contributed by atoms with van der Waals surface area (Å²) < 4.78 is 0. The van der Waals surface area contributed by atoms with Crippen LogP contribution in [0.2, 0.25) is 0 Å². The number of unbranched alkanes of at least 4 members (excludes halogenated alkanes) is 3. The third kappa shape index (κ3) is 5.49. The van der Waals surface area contributed by atoms with Gasteiger partial charge in [-0.2, -0.15) is 0 Å². The van der Waals surface area contributed by atoms with Gasteiger partial charge in [0.2, 0.25) is 0 Å². The van der Waals surface area contributed by atoms with Crippen molar-refractivity contribution in [3.8, 4) is 0 Å². The second-order valence-corrected chi connectivity index (χ2v) is 6.52. The maximum Gasteiger partial charge on any atom is 0.317 e. The quantitative estimate of drug-likeness (QED) is 0.811. The number of hydrogen-bond donors (Lipinski definition) is 1. The van der Waals surface area contributed by atoms with Crippen molar-refractivity contribution in [2.75, 3.05) is 32.7 Å². The Bertz CT molecular complexity index is 492. The standard InChI is InChI=1S/C16H26N4O2S/c1-2-3-4-5-7-17-16(22)20-9-6-8-19(10-11-20)15(21)14-12-23-13-18-14/h12-13H,2-11H2,1H3,(H,17,22). The highest BCUT2D eigenvalue weighted by Crippen LogP contribution is 2.10. The molecule has 0 bridgehead atoms. The highest BCUT2D eigenvalue weighted by atomic mass is 32.1. The molecular weight excluding hydrogens is 312 g/mol. The first-order valence-electron chi connectivity index (χ1n) is 8.42. The molecule has 3 amide bonds. The minimum Gasteiger partial charge on any atom is -0.338 e. The van der Waals surface area contributed by atoms with Crippen LogP contribution in [-0.2, 0) is 0 Å². The maximum atomic E-state index is 12.3. The van der Waals surface area contributed by atoms with Crippen LogP contribution >= 0.6 is 11.3 Å². The van der Waals surface area contributed by atoms with Crippen molar-refractivity contribution in [2.45, 2.75) is 39.0 Å². The first-order chi connectivity index (χ1) is 11.2. The molecule has 0 aliphatic carbocycles. The van der Waals surface area contributed by atoms with E-state index in [2.05, 4.69) is 17.2 Å². The van der Waals surface area contributed by atoms with Gasteiger partial charge in [-0.05, 0) is 12.8 Å². The molecule has 1 aromatic heterocycles. The zero-order valence-electron chi connectivity index (χ0n) is 13.8. The number of aromatic nitrogens is 1. The van der Waals surface area contributed by atoms with E-state index < -0.39 is 0 Å². The van der Waals surface area contributed by atoms with E-state index in [1.807, 2.05) is 4.90 Å². The molecule has 0 unspecified atom stereocenters. The van der Waals surface area contributed by atoms with Gasteiger partial charge in [0, 0.05) is 38.1 Å². The van der Waals surface area contributed by atoms with Gasteiger partial charge in [0.25, 0.3) is 5.91 Å². The van der Waals surface area contributed by atoms with Crippen LogP contribution in [0, 0.1) is 0 Å². The minimum absolute atomic E-state index is 0.00976. The average Bonchev–Trinajstić information content (AvgIpc) is 2.98. The molecule has 2 rings (SSSR count). The fourth-order valence-electron chi connectivity index (χ4n) is 2.66. The van der Waals surface area contributed by atoms with E-state index in [1.165, 1.54) is 24.2 Å². The first-order valence-corrected chi connectivity index (χ1v) is 9.37. The van der Waals surface area contributed by atoms with Crippen molar-refractivity contribution in [3.63, 3.8) is 0 Å². The molecule has 0 saturated carbocycles. The second kappa shape index (κ2) is 9.50. The van der Waals surface area contributed by atoms with Gasteiger partial charge in [0.05, 0.1) is 5.51 Å². The summed E-state index contributed by atoms with van der Waals surface area (Å²) in [5, 5.41) is 4.76. The van der Waals surface area contributed by atoms with E-state index in [4.69, 9.17) is 0 Å². The molecule has 7 heteroatoms. The molecule has 1 fully saturated rings. The molecule has 1 aliphatic rings. The van der Waals surface area contributed by atoms with Gasteiger partial charge < -0.3 is 15.1 Å². The molecule has 6 nitrogen and oxygen atoms in total. The van der Waals surface area contributed by atoms with Crippen molar-refractivity contribution < 1.29 is 9.59 Å². The van der Waals surface area contributed by atoms with Crippen molar-refractivity contribution in [2.24, 2.45) is 0 Å². The third-order valence-corrected chi connectivity index (χ3v) is 4.61. The van der Waals surface area contributed by atoms with Gasteiger partial charge in [-0.1, -0.05) is 26.2 Å². The largest absolute Gasteiger partial charge is 0.338 e. The Morgan fingerprint density at radius 2 is 1.96 bits per heavy atom. The normalized spacial score (nSPS) is 15.3. The Kier molecular flexibility index (Phi) is 7.32. The van der Waals surface area contributed by atoms with Crippen LogP contribution in [0.5, 0.6) is 0 Å². The van der Waals surface area contributed by atoms with Gasteiger partial charge in [-0.3, -0.25) is 4.79 Å². The van der Waals surface area contributed by atoms with Crippen LogP contribution in [0.15, 0.2) is 10.9 Å². The molecule has 1 aliphatic heterocycles. The van der Waals surface area contributed by atoms with Gasteiger partial charge in [0.1, 0.15) is 5.69 Å². The van der Waals surface area contributed by atoms with Crippen LogP contribution < -0.4 is 5.32 Å². The summed E-state index contributed by atoms with van der Waals surface area (Å²) >= 11 is 1.42. The molecule has 0 radical (unpaired) electrons. The predicted octanol–water partition coefficient (Wildman–Crippen LogP) is 2.58. The van der Waals surface area contributed by atoms with Crippen LogP contribution in [0.25, 0.3) is 0 Å². The summed E-state index contributed by atoms with van der Waals surface area (Å²) in [6.45, 7) is 5.43. The fraction of sp³-hybridized carbons (Fsp3) is 0.688. The van der Waals surface area contributed by atoms with Crippen LogP contribution in [0.4, 0.5) is 4.79 Å². The van der Waals surface area contributed by atoms with E-state index in [9.17, 15) is 9.59 Å². The number of rotatable bonds is 6. The lowest BCUT2D eigenvalue weighted by Crippen LogP contribution is -2.42. The van der Waals surface area contributed by atoms with Gasteiger partial charge in [-0.25, -0.2) is 9.78 Å². The molecule has 0 aromatic carbocycles. The number of nitrogens with zero attached hydrogens (tertiary/aromatic N) is 3. The molecule has 1 aromatic rings. The predicted molar refractivity (Wildman–Crippen MR) is 91.7 cm³/mol. The minimum atomic E-state index is -0.0342. The van der Waals surface area contributed by atoms with E-state index in [1.54, 1.807) is 15.8 Å². The van der Waals surface area contributed by atoms with Gasteiger partial charge in [0.15, 0.2) is 0 Å². The van der Waals surface area contributed by atoms with E-state index in [0.717, 1.165) is 25.8 Å². The zero-order chi connectivity index (χ0) is 16.5. The molecule has 23 heavy (non-hydrogen) atoms. The monoisotopic (exact) mass is 338 g/mol. The Balaban J connectivity index is 1.74. The number of hydrogen-bond acceptors (Lipinski definition) is 4. The molecule has 128 valence electrons. The van der Waals surface area contributed by atoms with Crippen LogP contribution in [0.3, 0.4) is 0 Å². The SMILES string of the molecule is CCCCCCNC(=O)N1CCCN(C(=O)c2cscn2)CC1. The average molecular weight is 338 g/mol. The highest BCUT2D eigenvalue weighted by molar-refractivity contribution is 7.07. The third-order valence-electron chi connectivity index (χ3n) is 4.03. The molecule has 1 saturated heterocycles. The lowest BCUT2D eigenvalue weighted by molar-refractivity contribution is 0.0757. The molecule has 1 N–H and O–H groups in total. The summed E-state index contributed by atoms with van der Waals surface area (Å²) in [7, 11) is 0. The van der Waals surface area contributed by atoms with E-state index in [-0.39, 0.29) is 11.9 Å². The van der Waals surface area contributed by atoms with Gasteiger partial charge in [-0.15, -0.1) is 11.3 Å². The van der Waals surface area contributed by atoms with Crippen molar-refractivity contribution in [1.82, 2.24) is 20.1 Å². The Morgan fingerprint density at radius 1 is 1.17 bits per heavy atom. The second-order valence-electron chi connectivity index (χ2n) is 5.80. The number of carbonyl (C=O) groups is 2. The van der Waals surface area contributed by atoms with Crippen molar-refractivity contribution in [3.05, 3.63) is 16.6 Å². The number of amides is 3. The highest BCUT2D eigenvalue weighted by Gasteiger charge is 2.23. The number of carbonyl (C=O) groups excluding carboxylic acids is 2. The zero-order valence-corrected chi connectivity index (χ0v) is 14.6. The Labute approximate surface area is 141 Å². The van der Waals surface area contributed by atoms with E-state index in [0.29, 0.717) is 31.9 Å². The Hall–Kier alpha value is -1.63. The summed E-state index contributed by atoms with van der Waals surface area (Å²) in [6, 6.07) is -0.00976. The number of urea groups is 1. The smallest absolute Gasteiger partial charge is 0.317 e. The summed E-state index contributed by atoms with van der Waals surface area (Å²) in [5.74, 6) is -0.0342. The number of thiazole rings is 1. The van der Waals surface area contributed by atoms with Crippen molar-refractivity contribution in [1.29, 1.82) is 0 Å². The lowest BCUT2D eigenvalue weighted by Gasteiger charge is -2.22. The number of nitrogens with one attached hydrogen (secondary N) is 1. The first kappa shape index (κ1) is 17.7. The molecule has 2 heterocycles. The maximum absolute atomic E-state index is 12.3. The van der Waals surface area contributed by atoms with Crippen molar-refractivity contribution >= 4 is 23.3 Å².